The van der Waals surface area contributed by atoms with E-state index in [0.29, 0.717) is 34.1 Å². The SMILES string of the molecule is CC(C)[C@H](N)CNC(=O)c1nc(Nc2n[nH]c3ccccc23)c2cc(Cl)ccc2n1. The lowest BCUT2D eigenvalue weighted by Crippen LogP contribution is -2.40. The number of aromatic amines is 1. The standard InChI is InChI=1S/C21H22ClN7O/c1-11(2)15(23)10-24-21(30)20-25-16-8-7-12(22)9-14(16)18(27-20)26-19-13-5-3-4-6-17(13)28-29-19/h3-9,11,15H,10,23H2,1-2H3,(H,24,30)(H2,25,26,27,28,29)/t15-/m1/s1. The second kappa shape index (κ2) is 8.25. The topological polar surface area (TPSA) is 122 Å². The molecule has 4 rings (SSSR count). The Morgan fingerprint density at radius 1 is 1.13 bits per heavy atom. The first-order chi connectivity index (χ1) is 14.4. The van der Waals surface area contributed by atoms with Crippen molar-refractivity contribution in [3.8, 4) is 0 Å². The number of nitrogens with zero attached hydrogens (tertiary/aromatic N) is 3. The zero-order valence-corrected chi connectivity index (χ0v) is 17.4. The van der Waals surface area contributed by atoms with Crippen LogP contribution in [-0.2, 0) is 0 Å². The molecule has 1 atom stereocenters. The van der Waals surface area contributed by atoms with E-state index in [1.165, 1.54) is 0 Å². The summed E-state index contributed by atoms with van der Waals surface area (Å²) >= 11 is 6.19. The summed E-state index contributed by atoms with van der Waals surface area (Å²) < 4.78 is 0. The van der Waals surface area contributed by atoms with Gasteiger partial charge in [-0.05, 0) is 36.2 Å². The normalized spacial score (nSPS) is 12.4. The first-order valence-electron chi connectivity index (χ1n) is 9.63. The van der Waals surface area contributed by atoms with E-state index in [1.807, 2.05) is 38.1 Å². The lowest BCUT2D eigenvalue weighted by Gasteiger charge is -2.16. The van der Waals surface area contributed by atoms with Crippen LogP contribution in [0.3, 0.4) is 0 Å². The number of anilines is 2. The van der Waals surface area contributed by atoms with Crippen LogP contribution < -0.4 is 16.4 Å². The van der Waals surface area contributed by atoms with Gasteiger partial charge in [0.05, 0.1) is 11.0 Å². The fourth-order valence-electron chi connectivity index (χ4n) is 2.99. The van der Waals surface area contributed by atoms with Gasteiger partial charge in [0, 0.05) is 28.4 Å². The van der Waals surface area contributed by atoms with Gasteiger partial charge in [-0.2, -0.15) is 5.10 Å². The van der Waals surface area contributed by atoms with Crippen LogP contribution in [0.15, 0.2) is 42.5 Å². The van der Waals surface area contributed by atoms with Gasteiger partial charge in [-0.3, -0.25) is 9.89 Å². The Morgan fingerprint density at radius 3 is 2.73 bits per heavy atom. The zero-order chi connectivity index (χ0) is 21.3. The Hall–Kier alpha value is -3.23. The molecule has 0 aliphatic carbocycles. The number of H-pyrrole nitrogens is 1. The maximum absolute atomic E-state index is 12.7. The van der Waals surface area contributed by atoms with Crippen LogP contribution in [0, 0.1) is 5.92 Å². The molecule has 0 aliphatic heterocycles. The molecular formula is C21H22ClN7O. The second-order valence-electron chi connectivity index (χ2n) is 7.42. The third-order valence-electron chi connectivity index (χ3n) is 4.92. The third-order valence-corrected chi connectivity index (χ3v) is 5.16. The van der Waals surface area contributed by atoms with Crippen LogP contribution in [0.25, 0.3) is 21.8 Å². The van der Waals surface area contributed by atoms with Crippen molar-refractivity contribution >= 4 is 50.9 Å². The molecule has 0 saturated carbocycles. The maximum Gasteiger partial charge on any atom is 0.289 e. The van der Waals surface area contributed by atoms with Gasteiger partial charge < -0.3 is 16.4 Å². The van der Waals surface area contributed by atoms with E-state index in [1.54, 1.807) is 18.2 Å². The van der Waals surface area contributed by atoms with Gasteiger partial charge in [-0.15, -0.1) is 0 Å². The van der Waals surface area contributed by atoms with E-state index < -0.39 is 5.91 Å². The van der Waals surface area contributed by atoms with Crippen LogP contribution in [0.4, 0.5) is 11.6 Å². The minimum atomic E-state index is -0.391. The van der Waals surface area contributed by atoms with E-state index in [4.69, 9.17) is 17.3 Å². The van der Waals surface area contributed by atoms with Gasteiger partial charge in [0.25, 0.3) is 5.91 Å². The highest BCUT2D eigenvalue weighted by atomic mass is 35.5. The molecule has 30 heavy (non-hydrogen) atoms. The smallest absolute Gasteiger partial charge is 0.289 e. The summed E-state index contributed by atoms with van der Waals surface area (Å²) in [6, 6.07) is 12.8. The molecule has 2 aromatic carbocycles. The van der Waals surface area contributed by atoms with E-state index in [0.717, 1.165) is 10.9 Å². The zero-order valence-electron chi connectivity index (χ0n) is 16.6. The Morgan fingerprint density at radius 2 is 1.93 bits per heavy atom. The number of hydrogen-bond acceptors (Lipinski definition) is 6. The number of hydrogen-bond donors (Lipinski definition) is 4. The number of nitrogens with one attached hydrogen (secondary N) is 3. The molecule has 9 heteroatoms. The summed E-state index contributed by atoms with van der Waals surface area (Å²) in [7, 11) is 0. The number of nitrogens with two attached hydrogens (primary N) is 1. The molecule has 2 heterocycles. The molecule has 8 nitrogen and oxygen atoms in total. The molecule has 0 spiro atoms. The molecule has 0 fully saturated rings. The van der Waals surface area contributed by atoms with Crippen molar-refractivity contribution in [3.05, 3.63) is 53.3 Å². The highest BCUT2D eigenvalue weighted by Crippen LogP contribution is 2.29. The molecule has 0 unspecified atom stereocenters. The number of halogens is 1. The summed E-state index contributed by atoms with van der Waals surface area (Å²) in [4.78, 5) is 21.5. The highest BCUT2D eigenvalue weighted by Gasteiger charge is 2.17. The maximum atomic E-state index is 12.7. The fraction of sp³-hybridized carbons (Fsp3) is 0.238. The Balaban J connectivity index is 1.72. The highest BCUT2D eigenvalue weighted by molar-refractivity contribution is 6.31. The van der Waals surface area contributed by atoms with E-state index in [2.05, 4.69) is 30.8 Å². The van der Waals surface area contributed by atoms with Crippen molar-refractivity contribution in [2.75, 3.05) is 11.9 Å². The number of carbonyl (C=O) groups excluding carboxylic acids is 1. The molecule has 4 aromatic rings. The molecule has 0 bridgehead atoms. The van der Waals surface area contributed by atoms with Crippen molar-refractivity contribution < 1.29 is 4.79 Å². The predicted octanol–water partition coefficient (Wildman–Crippen LogP) is 3.62. The number of rotatable bonds is 6. The predicted molar refractivity (Wildman–Crippen MR) is 119 cm³/mol. The molecular weight excluding hydrogens is 402 g/mol. The summed E-state index contributed by atoms with van der Waals surface area (Å²) in [5, 5.41) is 15.5. The molecule has 2 aromatic heterocycles. The van der Waals surface area contributed by atoms with Gasteiger partial charge in [0.2, 0.25) is 5.82 Å². The van der Waals surface area contributed by atoms with Gasteiger partial charge in [-0.25, -0.2) is 9.97 Å². The van der Waals surface area contributed by atoms with E-state index in [-0.39, 0.29) is 17.8 Å². The van der Waals surface area contributed by atoms with Crippen molar-refractivity contribution in [3.63, 3.8) is 0 Å². The average Bonchev–Trinajstić information content (AvgIpc) is 3.14. The fourth-order valence-corrected chi connectivity index (χ4v) is 3.17. The van der Waals surface area contributed by atoms with Crippen molar-refractivity contribution in [1.82, 2.24) is 25.5 Å². The number of amides is 1. The minimum absolute atomic E-state index is 0.0446. The van der Waals surface area contributed by atoms with Crippen LogP contribution in [-0.4, -0.2) is 38.7 Å². The van der Waals surface area contributed by atoms with Gasteiger partial charge in [0.1, 0.15) is 5.82 Å². The molecule has 0 aliphatic rings. The Bertz CT molecular complexity index is 1220. The summed E-state index contributed by atoms with van der Waals surface area (Å²) in [6.45, 7) is 4.35. The Kier molecular flexibility index (Phi) is 5.52. The van der Waals surface area contributed by atoms with Gasteiger partial charge in [-0.1, -0.05) is 37.6 Å². The number of para-hydroxylation sites is 1. The third kappa shape index (κ3) is 4.05. The average molecular weight is 424 g/mol. The number of carbonyl (C=O) groups is 1. The summed E-state index contributed by atoms with van der Waals surface area (Å²) in [5.74, 6) is 0.938. The first-order valence-corrected chi connectivity index (χ1v) is 10.0. The van der Waals surface area contributed by atoms with Gasteiger partial charge in [0.15, 0.2) is 5.82 Å². The summed E-state index contributed by atoms with van der Waals surface area (Å²) in [6.07, 6.45) is 0. The van der Waals surface area contributed by atoms with Crippen LogP contribution in [0.1, 0.15) is 24.5 Å². The van der Waals surface area contributed by atoms with E-state index >= 15 is 0 Å². The minimum Gasteiger partial charge on any atom is -0.348 e. The van der Waals surface area contributed by atoms with Crippen LogP contribution in [0.2, 0.25) is 5.02 Å². The molecule has 1 amide bonds. The quantitative estimate of drug-likeness (QED) is 0.375. The lowest BCUT2D eigenvalue weighted by molar-refractivity contribution is 0.0939. The number of fused-ring (bicyclic) bond motifs is 2. The Labute approximate surface area is 178 Å². The molecule has 154 valence electrons. The van der Waals surface area contributed by atoms with Crippen molar-refractivity contribution in [2.24, 2.45) is 11.7 Å². The largest absolute Gasteiger partial charge is 0.348 e. The van der Waals surface area contributed by atoms with Crippen molar-refractivity contribution in [1.29, 1.82) is 0 Å². The van der Waals surface area contributed by atoms with Crippen LogP contribution >= 0.6 is 11.6 Å². The van der Waals surface area contributed by atoms with Crippen LogP contribution in [0.5, 0.6) is 0 Å². The number of benzene rings is 2. The first kappa shape index (κ1) is 20.1. The van der Waals surface area contributed by atoms with Gasteiger partial charge >= 0.3 is 0 Å². The second-order valence-corrected chi connectivity index (χ2v) is 7.85. The number of aromatic nitrogens is 4. The molecule has 5 N–H and O–H groups in total. The monoisotopic (exact) mass is 423 g/mol. The summed E-state index contributed by atoms with van der Waals surface area (Å²) in [5.41, 5.74) is 7.51. The molecule has 0 radical (unpaired) electrons. The van der Waals surface area contributed by atoms with E-state index in [9.17, 15) is 4.79 Å². The lowest BCUT2D eigenvalue weighted by atomic mass is 10.1. The molecule has 0 saturated heterocycles. The van der Waals surface area contributed by atoms with Crippen molar-refractivity contribution in [2.45, 2.75) is 19.9 Å².